The van der Waals surface area contributed by atoms with Crippen molar-refractivity contribution in [3.8, 4) is 6.07 Å². The minimum Gasteiger partial charge on any atom is -0.397 e. The highest BCUT2D eigenvalue weighted by Gasteiger charge is 2.32. The molecule has 2 aliphatic carbocycles. The van der Waals surface area contributed by atoms with E-state index in [1.165, 1.54) is 42.6 Å². The summed E-state index contributed by atoms with van der Waals surface area (Å²) in [7, 11) is 0. The van der Waals surface area contributed by atoms with Crippen LogP contribution in [0.2, 0.25) is 0 Å². The van der Waals surface area contributed by atoms with Gasteiger partial charge in [-0.25, -0.2) is 0 Å². The smallest absolute Gasteiger partial charge is 0.130 e. The summed E-state index contributed by atoms with van der Waals surface area (Å²) in [4.78, 5) is 0.681. The van der Waals surface area contributed by atoms with Crippen LogP contribution in [0, 0.1) is 17.2 Å². The fourth-order valence-electron chi connectivity index (χ4n) is 2.01. The molecule has 2 aliphatic rings. The van der Waals surface area contributed by atoms with Crippen LogP contribution in [0.15, 0.2) is 0 Å². The third kappa shape index (κ3) is 1.76. The Morgan fingerprint density at radius 3 is 2.69 bits per heavy atom. The average Bonchev–Trinajstić information content (AvgIpc) is 3.15. The van der Waals surface area contributed by atoms with Crippen LogP contribution in [0.5, 0.6) is 0 Å². The first kappa shape index (κ1) is 9.98. The van der Waals surface area contributed by atoms with Crippen LogP contribution in [0.25, 0.3) is 0 Å². The van der Waals surface area contributed by atoms with Crippen LogP contribution in [0.4, 0.5) is 10.7 Å². The zero-order valence-electron chi connectivity index (χ0n) is 9.12. The van der Waals surface area contributed by atoms with Gasteiger partial charge in [0.05, 0.1) is 10.7 Å². The first-order valence-corrected chi connectivity index (χ1v) is 6.67. The molecule has 2 fully saturated rings. The summed E-state index contributed by atoms with van der Waals surface area (Å²) in [5.41, 5.74) is 7.98. The fourth-order valence-corrected chi connectivity index (χ4v) is 3.02. The molecule has 3 N–H and O–H groups in total. The van der Waals surface area contributed by atoms with Crippen molar-refractivity contribution >= 4 is 22.0 Å². The van der Waals surface area contributed by atoms with E-state index in [4.69, 9.17) is 11.0 Å². The van der Waals surface area contributed by atoms with Crippen molar-refractivity contribution in [2.45, 2.75) is 31.6 Å². The highest BCUT2D eigenvalue weighted by Crippen LogP contribution is 2.50. The Labute approximate surface area is 99.3 Å². The standard InChI is InChI=1S/C12H15N3S/c13-5-9-11(14)10(8-3-4-8)12(16-9)15-6-7-1-2-7/h7-8,15H,1-4,6,14H2. The van der Waals surface area contributed by atoms with Crippen LogP contribution in [0.3, 0.4) is 0 Å². The Kier molecular flexibility index (Phi) is 2.29. The molecule has 0 amide bonds. The van der Waals surface area contributed by atoms with Gasteiger partial charge in [0.1, 0.15) is 10.9 Å². The number of anilines is 2. The third-order valence-corrected chi connectivity index (χ3v) is 4.40. The largest absolute Gasteiger partial charge is 0.397 e. The zero-order chi connectivity index (χ0) is 11.1. The average molecular weight is 233 g/mol. The van der Waals surface area contributed by atoms with Gasteiger partial charge in [-0.05, 0) is 37.5 Å². The van der Waals surface area contributed by atoms with Gasteiger partial charge in [0.2, 0.25) is 0 Å². The number of nitrogens with one attached hydrogen (secondary N) is 1. The van der Waals surface area contributed by atoms with Crippen molar-refractivity contribution in [3.63, 3.8) is 0 Å². The highest BCUT2D eigenvalue weighted by molar-refractivity contribution is 7.17. The van der Waals surface area contributed by atoms with Crippen LogP contribution < -0.4 is 11.1 Å². The fraction of sp³-hybridized carbons (Fsp3) is 0.583. The number of thiophene rings is 1. The van der Waals surface area contributed by atoms with Gasteiger partial charge in [-0.3, -0.25) is 0 Å². The molecule has 84 valence electrons. The second-order valence-corrected chi connectivity index (χ2v) is 5.82. The summed E-state index contributed by atoms with van der Waals surface area (Å²) in [6.07, 6.45) is 5.14. The second-order valence-electron chi connectivity index (χ2n) is 4.80. The molecule has 0 bridgehead atoms. The van der Waals surface area contributed by atoms with Crippen molar-refractivity contribution in [1.82, 2.24) is 0 Å². The van der Waals surface area contributed by atoms with Gasteiger partial charge in [-0.2, -0.15) is 5.26 Å². The lowest BCUT2D eigenvalue weighted by molar-refractivity contribution is 0.889. The number of nitriles is 1. The van der Waals surface area contributed by atoms with Crippen molar-refractivity contribution in [3.05, 3.63) is 10.4 Å². The number of nitrogen functional groups attached to an aromatic ring is 1. The number of hydrogen-bond donors (Lipinski definition) is 2. The summed E-state index contributed by atoms with van der Waals surface area (Å²) in [6, 6.07) is 2.20. The van der Waals surface area contributed by atoms with Gasteiger partial charge in [-0.1, -0.05) is 0 Å². The summed E-state index contributed by atoms with van der Waals surface area (Å²) in [6.45, 7) is 1.05. The molecule has 0 radical (unpaired) electrons. The highest BCUT2D eigenvalue weighted by atomic mass is 32.1. The van der Waals surface area contributed by atoms with Crippen molar-refractivity contribution < 1.29 is 0 Å². The minimum absolute atomic E-state index is 0.611. The zero-order valence-corrected chi connectivity index (χ0v) is 9.94. The van der Waals surface area contributed by atoms with E-state index < -0.39 is 0 Å². The molecule has 0 saturated heterocycles. The van der Waals surface area contributed by atoms with Crippen LogP contribution >= 0.6 is 11.3 Å². The number of hydrogen-bond acceptors (Lipinski definition) is 4. The van der Waals surface area contributed by atoms with Crippen LogP contribution in [0.1, 0.15) is 42.0 Å². The first-order chi connectivity index (χ1) is 7.79. The lowest BCUT2D eigenvalue weighted by Gasteiger charge is -2.05. The van der Waals surface area contributed by atoms with E-state index in [1.54, 1.807) is 0 Å². The molecule has 0 aromatic carbocycles. The van der Waals surface area contributed by atoms with Crippen LogP contribution in [-0.4, -0.2) is 6.54 Å². The molecule has 1 aromatic rings. The minimum atomic E-state index is 0.611. The van der Waals surface area contributed by atoms with E-state index in [9.17, 15) is 0 Å². The molecule has 0 aliphatic heterocycles. The van der Waals surface area contributed by atoms with Crippen molar-refractivity contribution in [2.75, 3.05) is 17.6 Å². The molecule has 3 rings (SSSR count). The Morgan fingerprint density at radius 1 is 1.38 bits per heavy atom. The summed E-state index contributed by atoms with van der Waals surface area (Å²) < 4.78 is 0. The van der Waals surface area contributed by atoms with E-state index in [0.29, 0.717) is 10.8 Å². The molecule has 16 heavy (non-hydrogen) atoms. The lowest BCUT2D eigenvalue weighted by atomic mass is 10.1. The molecule has 0 unspecified atom stereocenters. The number of nitrogens with zero attached hydrogens (tertiary/aromatic N) is 1. The predicted molar refractivity (Wildman–Crippen MR) is 66.6 cm³/mol. The number of nitrogens with two attached hydrogens (primary N) is 1. The molecular formula is C12H15N3S. The van der Waals surface area contributed by atoms with Gasteiger partial charge in [0, 0.05) is 12.1 Å². The van der Waals surface area contributed by atoms with Crippen molar-refractivity contribution in [1.29, 1.82) is 5.26 Å². The van der Waals surface area contributed by atoms with E-state index in [2.05, 4.69) is 11.4 Å². The molecule has 1 aromatic heterocycles. The molecule has 0 atom stereocenters. The lowest BCUT2D eigenvalue weighted by Crippen LogP contribution is -2.03. The molecule has 1 heterocycles. The molecular weight excluding hydrogens is 218 g/mol. The van der Waals surface area contributed by atoms with E-state index in [0.717, 1.165) is 23.2 Å². The maximum atomic E-state index is 9.00. The van der Waals surface area contributed by atoms with Crippen LogP contribution in [-0.2, 0) is 0 Å². The molecule has 3 nitrogen and oxygen atoms in total. The maximum absolute atomic E-state index is 9.00. The molecule has 0 spiro atoms. The summed E-state index contributed by atoms with van der Waals surface area (Å²) >= 11 is 1.53. The monoisotopic (exact) mass is 233 g/mol. The van der Waals surface area contributed by atoms with Gasteiger partial charge in [0.25, 0.3) is 0 Å². The van der Waals surface area contributed by atoms with Gasteiger partial charge >= 0.3 is 0 Å². The summed E-state index contributed by atoms with van der Waals surface area (Å²) in [5, 5.41) is 13.6. The number of rotatable bonds is 4. The Bertz CT molecular complexity index is 450. The third-order valence-electron chi connectivity index (χ3n) is 3.32. The molecule has 4 heteroatoms. The SMILES string of the molecule is N#Cc1sc(NCC2CC2)c(C2CC2)c1N. The Hall–Kier alpha value is -1.21. The second kappa shape index (κ2) is 3.67. The van der Waals surface area contributed by atoms with E-state index >= 15 is 0 Å². The maximum Gasteiger partial charge on any atom is 0.130 e. The predicted octanol–water partition coefficient (Wildman–Crippen LogP) is 2.90. The van der Waals surface area contributed by atoms with Gasteiger partial charge in [-0.15, -0.1) is 11.3 Å². The normalized spacial score (nSPS) is 19.4. The Balaban J connectivity index is 1.85. The van der Waals surface area contributed by atoms with Gasteiger partial charge < -0.3 is 11.1 Å². The van der Waals surface area contributed by atoms with E-state index in [-0.39, 0.29) is 0 Å². The topological polar surface area (TPSA) is 61.8 Å². The Morgan fingerprint density at radius 2 is 2.12 bits per heavy atom. The molecule has 2 saturated carbocycles. The van der Waals surface area contributed by atoms with Gasteiger partial charge in [0.15, 0.2) is 0 Å². The first-order valence-electron chi connectivity index (χ1n) is 5.85. The summed E-state index contributed by atoms with van der Waals surface area (Å²) in [5.74, 6) is 1.46. The van der Waals surface area contributed by atoms with E-state index in [1.807, 2.05) is 0 Å². The van der Waals surface area contributed by atoms with Crippen molar-refractivity contribution in [2.24, 2.45) is 5.92 Å². The quantitative estimate of drug-likeness (QED) is 0.840.